The largest absolute Gasteiger partial charge is 0.457 e. The highest BCUT2D eigenvalue weighted by molar-refractivity contribution is 6.34. The first-order valence-electron chi connectivity index (χ1n) is 12.3. The summed E-state index contributed by atoms with van der Waals surface area (Å²) in [6, 6.07) is 6.70. The molecule has 0 saturated heterocycles. The van der Waals surface area contributed by atoms with Gasteiger partial charge in [-0.05, 0) is 69.9 Å². The monoisotopic (exact) mass is 538 g/mol. The van der Waals surface area contributed by atoms with Crippen molar-refractivity contribution < 1.29 is 23.5 Å². The molecular weight excluding hydrogens is 508 g/mol. The number of pyridine rings is 1. The second-order valence-electron chi connectivity index (χ2n) is 10.3. The van der Waals surface area contributed by atoms with Crippen molar-refractivity contribution >= 4 is 52.4 Å². The van der Waals surface area contributed by atoms with E-state index in [1.54, 1.807) is 51.1 Å². The van der Waals surface area contributed by atoms with Crippen LogP contribution in [0.5, 0.6) is 0 Å². The molecule has 3 aromatic rings. The van der Waals surface area contributed by atoms with E-state index in [4.69, 9.17) is 20.8 Å². The Hall–Kier alpha value is -3.85. The molecule has 0 unspecified atom stereocenters. The van der Waals surface area contributed by atoms with Crippen molar-refractivity contribution in [3.63, 3.8) is 0 Å². The molecule has 3 amide bonds. The number of hydrogen-bond acceptors (Lipinski definition) is 6. The lowest BCUT2D eigenvalue weighted by Crippen LogP contribution is -2.45. The molecule has 0 fully saturated rings. The first kappa shape index (κ1) is 27.2. The van der Waals surface area contributed by atoms with E-state index in [-0.39, 0.29) is 11.8 Å². The molecule has 4 rings (SSSR count). The van der Waals surface area contributed by atoms with Gasteiger partial charge in [0.05, 0.1) is 11.6 Å². The average molecular weight is 539 g/mol. The first-order valence-corrected chi connectivity index (χ1v) is 12.7. The van der Waals surface area contributed by atoms with Crippen LogP contribution in [0.1, 0.15) is 49.6 Å². The number of hydrogen-bond donors (Lipinski definition) is 2. The summed E-state index contributed by atoms with van der Waals surface area (Å²) in [5, 5.41) is 6.84. The molecule has 2 aromatic heterocycles. The number of nitrogens with zero attached hydrogens (tertiary/aromatic N) is 2. The van der Waals surface area contributed by atoms with E-state index < -0.39 is 17.7 Å². The van der Waals surface area contributed by atoms with Crippen molar-refractivity contribution in [3.8, 4) is 0 Å². The smallest absolute Gasteiger partial charge is 0.408 e. The predicted molar refractivity (Wildman–Crippen MR) is 146 cm³/mol. The summed E-state index contributed by atoms with van der Waals surface area (Å²) in [6.07, 6.45) is 4.97. The highest BCUT2D eigenvalue weighted by Gasteiger charge is 2.28. The zero-order chi connectivity index (χ0) is 27.6. The predicted octanol–water partition coefficient (Wildman–Crippen LogP) is 5.24. The van der Waals surface area contributed by atoms with Gasteiger partial charge in [-0.15, -0.1) is 0 Å². The van der Waals surface area contributed by atoms with Gasteiger partial charge in [0.15, 0.2) is 5.58 Å². The highest BCUT2D eigenvalue weighted by atomic mass is 35.5. The molecule has 0 aliphatic carbocycles. The average Bonchev–Trinajstić information content (AvgIpc) is 3.07. The molecule has 0 saturated carbocycles. The first-order chi connectivity index (χ1) is 17.9. The highest BCUT2D eigenvalue weighted by Crippen LogP contribution is 2.31. The number of likely N-dealkylation sites (N-methyl/N-ethyl adjacent to an activating group) is 1. The van der Waals surface area contributed by atoms with Gasteiger partial charge in [0, 0.05) is 30.3 Å². The molecule has 0 bridgehead atoms. The van der Waals surface area contributed by atoms with Crippen molar-refractivity contribution in [2.24, 2.45) is 0 Å². The number of fused-ring (bicyclic) bond motifs is 2. The topological polar surface area (TPSA) is 114 Å². The van der Waals surface area contributed by atoms with E-state index in [1.165, 1.54) is 6.08 Å². The van der Waals surface area contributed by atoms with Crippen LogP contribution >= 0.6 is 11.6 Å². The molecule has 2 N–H and O–H groups in total. The molecule has 10 heteroatoms. The second-order valence-corrected chi connectivity index (χ2v) is 10.7. The molecule has 3 heterocycles. The molecule has 9 nitrogen and oxygen atoms in total. The van der Waals surface area contributed by atoms with Gasteiger partial charge in [-0.1, -0.05) is 23.7 Å². The summed E-state index contributed by atoms with van der Waals surface area (Å²) in [7, 11) is 1.70. The number of aromatic nitrogens is 1. The second kappa shape index (κ2) is 10.9. The van der Waals surface area contributed by atoms with E-state index in [1.807, 2.05) is 25.1 Å². The normalized spacial score (nSPS) is 15.6. The van der Waals surface area contributed by atoms with Crippen molar-refractivity contribution in [1.29, 1.82) is 0 Å². The van der Waals surface area contributed by atoms with E-state index in [0.717, 1.165) is 16.5 Å². The van der Waals surface area contributed by atoms with Crippen LogP contribution in [0.25, 0.3) is 17.0 Å². The maximum Gasteiger partial charge on any atom is 0.408 e. The maximum atomic E-state index is 12.8. The number of benzene rings is 1. The summed E-state index contributed by atoms with van der Waals surface area (Å²) in [5.41, 5.74) is 2.42. The van der Waals surface area contributed by atoms with Crippen LogP contribution in [0.3, 0.4) is 0 Å². The van der Waals surface area contributed by atoms with Crippen LogP contribution in [-0.4, -0.2) is 46.5 Å². The number of anilines is 1. The van der Waals surface area contributed by atoms with Crippen molar-refractivity contribution in [2.45, 2.75) is 58.7 Å². The van der Waals surface area contributed by atoms with Crippen molar-refractivity contribution in [1.82, 2.24) is 15.2 Å². The summed E-state index contributed by atoms with van der Waals surface area (Å²) in [5.74, 6) is 0.544. The number of rotatable bonds is 5. The van der Waals surface area contributed by atoms with Crippen LogP contribution in [0, 0.1) is 6.92 Å². The molecule has 1 atom stereocenters. The number of furan rings is 1. The Labute approximate surface area is 226 Å². The minimum absolute atomic E-state index is 0.208. The van der Waals surface area contributed by atoms with Crippen LogP contribution < -0.4 is 10.6 Å². The molecule has 200 valence electrons. The molecule has 1 aromatic carbocycles. The summed E-state index contributed by atoms with van der Waals surface area (Å²) >= 11 is 6.24. The molecule has 0 spiro atoms. The van der Waals surface area contributed by atoms with Gasteiger partial charge < -0.3 is 24.7 Å². The Morgan fingerprint density at radius 1 is 1.34 bits per heavy atom. The Bertz CT molecular complexity index is 1420. The zero-order valence-corrected chi connectivity index (χ0v) is 22.8. The number of carbonyl (C=O) groups is 3. The fourth-order valence-corrected chi connectivity index (χ4v) is 4.36. The Morgan fingerprint density at radius 3 is 2.82 bits per heavy atom. The number of carbonyl (C=O) groups excluding carboxylic acids is 3. The number of aryl methyl sites for hydroxylation is 2. The van der Waals surface area contributed by atoms with Crippen LogP contribution in [0.2, 0.25) is 5.02 Å². The lowest BCUT2D eigenvalue weighted by molar-refractivity contribution is -0.125. The van der Waals surface area contributed by atoms with E-state index in [2.05, 4.69) is 15.6 Å². The Kier molecular flexibility index (Phi) is 7.78. The maximum absolute atomic E-state index is 12.8. The van der Waals surface area contributed by atoms with Gasteiger partial charge >= 0.3 is 6.09 Å². The van der Waals surface area contributed by atoms with Gasteiger partial charge in [0.1, 0.15) is 23.2 Å². The SMILES string of the molecule is Cc1c(CN(C)C(=O)/C=C/c2cnc3c(c2)CC[C@H](NC(=O)OC(C)(C)C)C(=O)N3)oc2c(Cl)cccc12. The molecule has 1 aliphatic rings. The van der Waals surface area contributed by atoms with Crippen LogP contribution in [-0.2, 0) is 27.3 Å². The number of alkyl carbamates (subject to hydrolysis) is 1. The van der Waals surface area contributed by atoms with Gasteiger partial charge in [-0.25, -0.2) is 9.78 Å². The Balaban J connectivity index is 1.40. The van der Waals surface area contributed by atoms with E-state index in [9.17, 15) is 14.4 Å². The minimum Gasteiger partial charge on any atom is -0.457 e. The number of ether oxygens (including phenoxy) is 1. The molecule has 1 aliphatic heterocycles. The number of para-hydroxylation sites is 1. The number of amides is 3. The van der Waals surface area contributed by atoms with Crippen molar-refractivity contribution in [3.05, 3.63) is 64.0 Å². The summed E-state index contributed by atoms with van der Waals surface area (Å²) < 4.78 is 11.2. The summed E-state index contributed by atoms with van der Waals surface area (Å²) in [4.78, 5) is 43.4. The van der Waals surface area contributed by atoms with Gasteiger partial charge in [0.25, 0.3) is 0 Å². The van der Waals surface area contributed by atoms with Crippen molar-refractivity contribution in [2.75, 3.05) is 12.4 Å². The van der Waals surface area contributed by atoms with E-state index in [0.29, 0.717) is 47.1 Å². The lowest BCUT2D eigenvalue weighted by atomic mass is 10.1. The fourth-order valence-electron chi connectivity index (χ4n) is 4.14. The molecular formula is C28H31ClN4O5. The third kappa shape index (κ3) is 6.34. The third-order valence-corrected chi connectivity index (χ3v) is 6.43. The van der Waals surface area contributed by atoms with Gasteiger partial charge in [0.2, 0.25) is 11.8 Å². The zero-order valence-electron chi connectivity index (χ0n) is 22.1. The molecule has 0 radical (unpaired) electrons. The number of halogens is 1. The van der Waals surface area contributed by atoms with Gasteiger partial charge in [-0.2, -0.15) is 0 Å². The third-order valence-electron chi connectivity index (χ3n) is 6.13. The quantitative estimate of drug-likeness (QED) is 0.429. The van der Waals surface area contributed by atoms with E-state index >= 15 is 0 Å². The van der Waals surface area contributed by atoms with Gasteiger partial charge in [-0.3, -0.25) is 9.59 Å². The van der Waals surface area contributed by atoms with Crippen LogP contribution in [0.15, 0.2) is 41.0 Å². The number of nitrogens with one attached hydrogen (secondary N) is 2. The Morgan fingerprint density at radius 2 is 2.11 bits per heavy atom. The van der Waals surface area contributed by atoms with Crippen LogP contribution in [0.4, 0.5) is 10.6 Å². The lowest BCUT2D eigenvalue weighted by Gasteiger charge is -2.22. The standard InChI is InChI=1S/C28H31ClN4O5/c1-16-19-7-6-8-20(29)24(19)37-22(16)15-33(5)23(34)12-9-17-13-18-10-11-21(26(35)32-25(18)30-14-17)31-27(36)38-28(2,3)4/h6-9,12-14,21H,10-11,15H2,1-5H3,(H,31,36)(H,30,32,35)/b12-9+/t21-/m0/s1. The molecule has 38 heavy (non-hydrogen) atoms. The summed E-state index contributed by atoms with van der Waals surface area (Å²) in [6.45, 7) is 7.51. The minimum atomic E-state index is -0.746. The fraction of sp³-hybridized carbons (Fsp3) is 0.357.